The summed E-state index contributed by atoms with van der Waals surface area (Å²) in [6.45, 7) is 0. The number of thiazole rings is 1. The quantitative estimate of drug-likeness (QED) is 0.440. The number of benzene rings is 2. The van der Waals surface area contributed by atoms with Crippen LogP contribution in [-0.4, -0.2) is 22.0 Å². The zero-order valence-corrected chi connectivity index (χ0v) is 17.7. The second-order valence-electron chi connectivity index (χ2n) is 6.35. The van der Waals surface area contributed by atoms with Crippen LogP contribution in [0.1, 0.15) is 34.1 Å². The van der Waals surface area contributed by atoms with Crippen LogP contribution in [0.15, 0.2) is 47.8 Å². The fraction of sp³-hybridized carbons (Fsp3) is 0.150. The number of rotatable bonds is 6. The summed E-state index contributed by atoms with van der Waals surface area (Å²) in [5.41, 5.74) is -0.969. The summed E-state index contributed by atoms with van der Waals surface area (Å²) in [6, 6.07) is 7.98. The monoisotopic (exact) mass is 488 g/mol. The van der Waals surface area contributed by atoms with Crippen molar-refractivity contribution in [2.45, 2.75) is 18.6 Å². The fourth-order valence-electron chi connectivity index (χ4n) is 2.88. The first-order valence-corrected chi connectivity index (χ1v) is 10.3. The smallest absolute Gasteiger partial charge is 0.416 e. The summed E-state index contributed by atoms with van der Waals surface area (Å²) in [7, 11) is 0. The van der Waals surface area contributed by atoms with Crippen molar-refractivity contribution < 1.29 is 27.9 Å². The molecule has 1 heterocycles. The van der Waals surface area contributed by atoms with E-state index in [2.05, 4.69) is 10.3 Å². The van der Waals surface area contributed by atoms with Crippen LogP contribution in [0, 0.1) is 0 Å². The fourth-order valence-corrected chi connectivity index (χ4v) is 4.15. The molecule has 2 aromatic carbocycles. The largest absolute Gasteiger partial charge is 0.481 e. The van der Waals surface area contributed by atoms with E-state index < -0.39 is 36.1 Å². The Labute approximate surface area is 188 Å². The third kappa shape index (κ3) is 5.36. The number of nitrogens with zero attached hydrogens (tertiary/aromatic N) is 1. The standard InChI is InChI=1S/C20H13Cl2F3N2O3S/c21-13-7-3-5-11(17(13)22)19-27-15(9-31-19)18(30)26-14(8-16(28)29)10-4-1-2-6-12(10)20(23,24)25/h1-7,9,14H,8H2,(H,26,30)(H,28,29)/t14-/m0/s1. The minimum absolute atomic E-state index is 0.0871. The van der Waals surface area contributed by atoms with Gasteiger partial charge in [0.2, 0.25) is 0 Å². The molecule has 0 bridgehead atoms. The molecule has 5 nitrogen and oxygen atoms in total. The third-order valence-electron chi connectivity index (χ3n) is 4.24. The molecule has 0 unspecified atom stereocenters. The first-order valence-electron chi connectivity index (χ1n) is 8.66. The number of nitrogens with one attached hydrogen (secondary N) is 1. The lowest BCUT2D eigenvalue weighted by Gasteiger charge is -2.21. The summed E-state index contributed by atoms with van der Waals surface area (Å²) >= 11 is 13.2. The number of halogens is 5. The topological polar surface area (TPSA) is 79.3 Å². The molecule has 0 saturated heterocycles. The highest BCUT2D eigenvalue weighted by Crippen LogP contribution is 2.37. The molecule has 31 heavy (non-hydrogen) atoms. The minimum Gasteiger partial charge on any atom is -0.481 e. The molecule has 0 aliphatic heterocycles. The van der Waals surface area contributed by atoms with Gasteiger partial charge >= 0.3 is 12.1 Å². The van der Waals surface area contributed by atoms with E-state index in [0.717, 1.165) is 23.5 Å². The molecule has 0 aliphatic carbocycles. The van der Waals surface area contributed by atoms with Gasteiger partial charge in [-0.2, -0.15) is 13.2 Å². The maximum Gasteiger partial charge on any atom is 0.416 e. The van der Waals surface area contributed by atoms with Crippen LogP contribution in [-0.2, 0) is 11.0 Å². The zero-order valence-electron chi connectivity index (χ0n) is 15.4. The molecule has 1 amide bonds. The van der Waals surface area contributed by atoms with Crippen LogP contribution in [0.25, 0.3) is 10.6 Å². The Morgan fingerprint density at radius 1 is 1.13 bits per heavy atom. The average molecular weight is 489 g/mol. The first-order chi connectivity index (χ1) is 14.6. The van der Waals surface area contributed by atoms with Crippen LogP contribution in [0.4, 0.5) is 13.2 Å². The SMILES string of the molecule is O=C(O)C[C@H](NC(=O)c1csc(-c2cccc(Cl)c2Cl)n1)c1ccccc1C(F)(F)F. The van der Waals surface area contributed by atoms with E-state index in [1.165, 1.54) is 17.5 Å². The van der Waals surface area contributed by atoms with Gasteiger partial charge in [0.25, 0.3) is 5.91 Å². The molecule has 162 valence electrons. The molecule has 0 radical (unpaired) electrons. The Balaban J connectivity index is 1.91. The van der Waals surface area contributed by atoms with Crippen molar-refractivity contribution in [1.82, 2.24) is 10.3 Å². The lowest BCUT2D eigenvalue weighted by atomic mass is 9.97. The number of amides is 1. The van der Waals surface area contributed by atoms with E-state index in [4.69, 9.17) is 28.3 Å². The van der Waals surface area contributed by atoms with Crippen LogP contribution >= 0.6 is 34.5 Å². The van der Waals surface area contributed by atoms with Gasteiger partial charge in [-0.15, -0.1) is 11.3 Å². The Morgan fingerprint density at radius 3 is 2.52 bits per heavy atom. The van der Waals surface area contributed by atoms with Gasteiger partial charge in [0.05, 0.1) is 28.1 Å². The highest BCUT2D eigenvalue weighted by atomic mass is 35.5. The first kappa shape index (κ1) is 23.1. The average Bonchev–Trinajstić information content (AvgIpc) is 3.18. The maximum absolute atomic E-state index is 13.4. The summed E-state index contributed by atoms with van der Waals surface area (Å²) in [6.07, 6.45) is -5.45. The summed E-state index contributed by atoms with van der Waals surface area (Å²) < 4.78 is 40.1. The van der Waals surface area contributed by atoms with Gasteiger partial charge in [0, 0.05) is 10.9 Å². The van der Waals surface area contributed by atoms with Crippen molar-refractivity contribution in [1.29, 1.82) is 0 Å². The van der Waals surface area contributed by atoms with E-state index in [-0.39, 0.29) is 16.3 Å². The van der Waals surface area contributed by atoms with Crippen LogP contribution in [0.3, 0.4) is 0 Å². The van der Waals surface area contributed by atoms with Gasteiger partial charge in [-0.3, -0.25) is 9.59 Å². The van der Waals surface area contributed by atoms with Crippen LogP contribution in [0.5, 0.6) is 0 Å². The predicted octanol–water partition coefficient (Wildman–Crippen LogP) is 6.08. The number of hydrogen-bond acceptors (Lipinski definition) is 4. The van der Waals surface area contributed by atoms with E-state index in [9.17, 15) is 22.8 Å². The summed E-state index contributed by atoms with van der Waals surface area (Å²) in [5, 5.41) is 13.8. The Morgan fingerprint density at radius 2 is 1.84 bits per heavy atom. The number of alkyl halides is 3. The second-order valence-corrected chi connectivity index (χ2v) is 7.99. The highest BCUT2D eigenvalue weighted by molar-refractivity contribution is 7.13. The predicted molar refractivity (Wildman–Crippen MR) is 111 cm³/mol. The van der Waals surface area contributed by atoms with Crippen LogP contribution in [0.2, 0.25) is 10.0 Å². The van der Waals surface area contributed by atoms with Gasteiger partial charge in [-0.05, 0) is 17.7 Å². The lowest BCUT2D eigenvalue weighted by molar-refractivity contribution is -0.140. The normalized spacial score (nSPS) is 12.4. The van der Waals surface area contributed by atoms with Gasteiger partial charge < -0.3 is 10.4 Å². The number of aliphatic carboxylic acids is 1. The zero-order chi connectivity index (χ0) is 22.8. The van der Waals surface area contributed by atoms with E-state index >= 15 is 0 Å². The third-order valence-corrected chi connectivity index (χ3v) is 5.94. The summed E-state index contributed by atoms with van der Waals surface area (Å²) in [5.74, 6) is -2.18. The molecule has 0 aliphatic rings. The number of carboxylic acid groups (broad SMARTS) is 1. The second kappa shape index (κ2) is 9.25. The Kier molecular flexibility index (Phi) is 6.88. The van der Waals surface area contributed by atoms with Gasteiger partial charge in [-0.25, -0.2) is 4.98 Å². The van der Waals surface area contributed by atoms with Crippen molar-refractivity contribution in [3.05, 3.63) is 74.7 Å². The van der Waals surface area contributed by atoms with E-state index in [0.29, 0.717) is 15.6 Å². The van der Waals surface area contributed by atoms with Crippen LogP contribution < -0.4 is 5.32 Å². The molecule has 3 aromatic rings. The number of carbonyl (C=O) groups is 2. The molecule has 1 aromatic heterocycles. The highest BCUT2D eigenvalue weighted by Gasteiger charge is 2.36. The van der Waals surface area contributed by atoms with Gasteiger partial charge in [0.15, 0.2) is 0 Å². The van der Waals surface area contributed by atoms with Crippen molar-refractivity contribution >= 4 is 46.4 Å². The van der Waals surface area contributed by atoms with Crippen molar-refractivity contribution in [2.24, 2.45) is 0 Å². The van der Waals surface area contributed by atoms with Gasteiger partial charge in [-0.1, -0.05) is 53.5 Å². The molecular weight excluding hydrogens is 476 g/mol. The number of hydrogen-bond donors (Lipinski definition) is 2. The van der Waals surface area contributed by atoms with E-state index in [1.807, 2.05) is 0 Å². The molecule has 0 saturated carbocycles. The maximum atomic E-state index is 13.4. The van der Waals surface area contributed by atoms with Gasteiger partial charge in [0.1, 0.15) is 10.7 Å². The molecule has 0 fully saturated rings. The molecule has 0 spiro atoms. The minimum atomic E-state index is -4.71. The molecule has 2 N–H and O–H groups in total. The van der Waals surface area contributed by atoms with Crippen molar-refractivity contribution in [2.75, 3.05) is 0 Å². The molecule has 11 heteroatoms. The lowest BCUT2D eigenvalue weighted by Crippen LogP contribution is -2.32. The number of aromatic nitrogens is 1. The molecule has 1 atom stereocenters. The molecule has 3 rings (SSSR count). The Hall–Kier alpha value is -2.62. The van der Waals surface area contributed by atoms with E-state index in [1.54, 1.807) is 18.2 Å². The van der Waals surface area contributed by atoms with Crippen molar-refractivity contribution in [3.8, 4) is 10.6 Å². The number of carboxylic acids is 1. The molecular formula is C20H13Cl2F3N2O3S. The van der Waals surface area contributed by atoms with Crippen molar-refractivity contribution in [3.63, 3.8) is 0 Å². The number of carbonyl (C=O) groups excluding carboxylic acids is 1. The summed E-state index contributed by atoms with van der Waals surface area (Å²) in [4.78, 5) is 28.1. The Bertz CT molecular complexity index is 1130.